The molecule has 0 bridgehead atoms. The summed E-state index contributed by atoms with van der Waals surface area (Å²) in [5, 5.41) is 0. The Labute approximate surface area is 108 Å². The molecule has 1 amide bonds. The van der Waals surface area contributed by atoms with Gasteiger partial charge in [0, 0.05) is 31.5 Å². The van der Waals surface area contributed by atoms with Gasteiger partial charge in [-0.1, -0.05) is 36.9 Å². The molecule has 1 aliphatic heterocycles. The SMILES string of the molecule is [C-]#[N+]C1(c2ccccc2)CCN(C(=O)C=C)CC1. The second-order valence-electron chi connectivity index (χ2n) is 4.54. The van der Waals surface area contributed by atoms with Crippen LogP contribution in [0, 0.1) is 6.57 Å². The summed E-state index contributed by atoms with van der Waals surface area (Å²) in [5.74, 6) is -0.0401. The van der Waals surface area contributed by atoms with Crippen molar-refractivity contribution in [3.63, 3.8) is 0 Å². The number of hydrogen-bond acceptors (Lipinski definition) is 1. The summed E-state index contributed by atoms with van der Waals surface area (Å²) >= 11 is 0. The van der Waals surface area contributed by atoms with Gasteiger partial charge in [-0.2, -0.15) is 0 Å². The number of likely N-dealkylation sites (tertiary alicyclic amines) is 1. The van der Waals surface area contributed by atoms with Gasteiger partial charge in [0.25, 0.3) is 5.54 Å². The molecule has 3 heteroatoms. The number of hydrogen-bond donors (Lipinski definition) is 0. The summed E-state index contributed by atoms with van der Waals surface area (Å²) in [6, 6.07) is 9.89. The van der Waals surface area contributed by atoms with Crippen molar-refractivity contribution in [3.05, 3.63) is 60.0 Å². The molecule has 0 radical (unpaired) electrons. The highest BCUT2D eigenvalue weighted by Crippen LogP contribution is 2.36. The van der Waals surface area contributed by atoms with E-state index in [9.17, 15) is 4.79 Å². The minimum absolute atomic E-state index is 0.0401. The summed E-state index contributed by atoms with van der Waals surface area (Å²) in [7, 11) is 0. The Hall–Kier alpha value is -2.08. The molecule has 1 aromatic carbocycles. The van der Waals surface area contributed by atoms with E-state index in [1.165, 1.54) is 6.08 Å². The number of carbonyl (C=O) groups is 1. The Morgan fingerprint density at radius 2 is 1.94 bits per heavy atom. The zero-order chi connectivity index (χ0) is 13.0. The van der Waals surface area contributed by atoms with E-state index >= 15 is 0 Å². The lowest BCUT2D eigenvalue weighted by molar-refractivity contribution is -0.127. The van der Waals surface area contributed by atoms with Crippen molar-refractivity contribution in [2.75, 3.05) is 13.1 Å². The standard InChI is InChI=1S/C15H16N2O/c1-3-14(18)17-11-9-15(16-2,10-12-17)13-7-5-4-6-8-13/h3-8H,1,9-12H2. The van der Waals surface area contributed by atoms with Crippen molar-refractivity contribution in [3.8, 4) is 0 Å². The van der Waals surface area contributed by atoms with Gasteiger partial charge >= 0.3 is 0 Å². The van der Waals surface area contributed by atoms with Crippen molar-refractivity contribution in [2.24, 2.45) is 0 Å². The number of nitrogens with zero attached hydrogens (tertiary/aromatic N) is 2. The maximum atomic E-state index is 11.5. The minimum Gasteiger partial charge on any atom is -0.339 e. The van der Waals surface area contributed by atoms with Gasteiger partial charge < -0.3 is 9.74 Å². The fraction of sp³-hybridized carbons (Fsp3) is 0.333. The third-order valence-corrected chi connectivity index (χ3v) is 3.60. The predicted octanol–water partition coefficient (Wildman–Crippen LogP) is 2.61. The number of rotatable bonds is 2. The van der Waals surface area contributed by atoms with Crippen LogP contribution in [0.3, 0.4) is 0 Å². The van der Waals surface area contributed by atoms with Crippen LogP contribution in [0.4, 0.5) is 0 Å². The summed E-state index contributed by atoms with van der Waals surface area (Å²) < 4.78 is 0. The highest BCUT2D eigenvalue weighted by atomic mass is 16.2. The molecule has 92 valence electrons. The molecule has 0 saturated carbocycles. The Morgan fingerprint density at radius 3 is 2.44 bits per heavy atom. The van der Waals surface area contributed by atoms with Crippen LogP contribution in [0.2, 0.25) is 0 Å². The smallest absolute Gasteiger partial charge is 0.260 e. The molecule has 1 aromatic rings. The first-order chi connectivity index (χ1) is 8.72. The summed E-state index contributed by atoms with van der Waals surface area (Å²) in [6.07, 6.45) is 2.73. The van der Waals surface area contributed by atoms with E-state index in [4.69, 9.17) is 6.57 Å². The average molecular weight is 240 g/mol. The van der Waals surface area contributed by atoms with Gasteiger partial charge in [-0.3, -0.25) is 4.79 Å². The normalized spacial score (nSPS) is 17.8. The average Bonchev–Trinajstić information content (AvgIpc) is 2.47. The third kappa shape index (κ3) is 2.14. The Bertz CT molecular complexity index is 479. The zero-order valence-electron chi connectivity index (χ0n) is 10.3. The van der Waals surface area contributed by atoms with Gasteiger partial charge in [0.15, 0.2) is 0 Å². The van der Waals surface area contributed by atoms with Crippen LogP contribution in [0.25, 0.3) is 4.85 Å². The van der Waals surface area contributed by atoms with Crippen molar-refractivity contribution in [2.45, 2.75) is 18.4 Å². The fourth-order valence-corrected chi connectivity index (χ4v) is 2.44. The van der Waals surface area contributed by atoms with Crippen LogP contribution in [-0.2, 0) is 10.3 Å². The maximum Gasteiger partial charge on any atom is 0.260 e. The molecule has 0 aromatic heterocycles. The fourth-order valence-electron chi connectivity index (χ4n) is 2.44. The van der Waals surface area contributed by atoms with Gasteiger partial charge in [-0.05, 0) is 6.08 Å². The molecule has 0 unspecified atom stereocenters. The second kappa shape index (κ2) is 5.05. The number of piperidine rings is 1. The number of carbonyl (C=O) groups excluding carboxylic acids is 1. The summed E-state index contributed by atoms with van der Waals surface area (Å²) in [5.41, 5.74) is 0.602. The van der Waals surface area contributed by atoms with Crippen LogP contribution in [0.5, 0.6) is 0 Å². The second-order valence-corrected chi connectivity index (χ2v) is 4.54. The summed E-state index contributed by atoms with van der Waals surface area (Å²) in [4.78, 5) is 17.2. The number of amides is 1. The molecular weight excluding hydrogens is 224 g/mol. The predicted molar refractivity (Wildman–Crippen MR) is 70.7 cm³/mol. The summed E-state index contributed by atoms with van der Waals surface area (Å²) in [6.45, 7) is 12.3. The molecule has 1 heterocycles. The first-order valence-electron chi connectivity index (χ1n) is 6.07. The van der Waals surface area contributed by atoms with Gasteiger partial charge in [-0.15, -0.1) is 0 Å². The highest BCUT2D eigenvalue weighted by Gasteiger charge is 2.42. The van der Waals surface area contributed by atoms with Crippen LogP contribution in [0.15, 0.2) is 43.0 Å². The van der Waals surface area contributed by atoms with E-state index in [1.54, 1.807) is 4.90 Å². The molecule has 0 aliphatic carbocycles. The first-order valence-corrected chi connectivity index (χ1v) is 6.07. The van der Waals surface area contributed by atoms with E-state index in [1.807, 2.05) is 30.3 Å². The zero-order valence-corrected chi connectivity index (χ0v) is 10.3. The quantitative estimate of drug-likeness (QED) is 0.576. The molecule has 0 atom stereocenters. The van der Waals surface area contributed by atoms with E-state index in [0.29, 0.717) is 25.9 Å². The van der Waals surface area contributed by atoms with Crippen LogP contribution in [0.1, 0.15) is 18.4 Å². The molecule has 1 fully saturated rings. The van der Waals surface area contributed by atoms with Crippen LogP contribution < -0.4 is 0 Å². The lowest BCUT2D eigenvalue weighted by Gasteiger charge is -2.33. The van der Waals surface area contributed by atoms with Gasteiger partial charge in [-0.25, -0.2) is 6.57 Å². The monoisotopic (exact) mass is 240 g/mol. The minimum atomic E-state index is -0.459. The van der Waals surface area contributed by atoms with Crippen molar-refractivity contribution in [1.29, 1.82) is 0 Å². The van der Waals surface area contributed by atoms with Gasteiger partial charge in [0.05, 0.1) is 0 Å². The number of benzene rings is 1. The molecule has 1 saturated heterocycles. The Balaban J connectivity index is 2.17. The largest absolute Gasteiger partial charge is 0.339 e. The van der Waals surface area contributed by atoms with Crippen molar-refractivity contribution in [1.82, 2.24) is 4.90 Å². The first kappa shape index (κ1) is 12.4. The Kier molecular flexibility index (Phi) is 3.47. The lowest BCUT2D eigenvalue weighted by atomic mass is 9.81. The van der Waals surface area contributed by atoms with Gasteiger partial charge in [0.2, 0.25) is 5.91 Å². The van der Waals surface area contributed by atoms with E-state index in [-0.39, 0.29) is 5.91 Å². The molecule has 3 nitrogen and oxygen atoms in total. The van der Waals surface area contributed by atoms with E-state index < -0.39 is 5.54 Å². The van der Waals surface area contributed by atoms with Crippen LogP contribution in [-0.4, -0.2) is 23.9 Å². The van der Waals surface area contributed by atoms with Crippen molar-refractivity contribution >= 4 is 5.91 Å². The van der Waals surface area contributed by atoms with Gasteiger partial charge in [0.1, 0.15) is 0 Å². The highest BCUT2D eigenvalue weighted by molar-refractivity contribution is 5.87. The maximum absolute atomic E-state index is 11.5. The molecule has 1 aliphatic rings. The Morgan fingerprint density at radius 1 is 1.33 bits per heavy atom. The molecule has 0 N–H and O–H groups in total. The third-order valence-electron chi connectivity index (χ3n) is 3.60. The molecule has 18 heavy (non-hydrogen) atoms. The molecular formula is C15H16N2O. The topological polar surface area (TPSA) is 24.7 Å². The van der Waals surface area contributed by atoms with Crippen molar-refractivity contribution < 1.29 is 4.79 Å². The van der Waals surface area contributed by atoms with Crippen LogP contribution >= 0.6 is 0 Å². The molecule has 0 spiro atoms. The lowest BCUT2D eigenvalue weighted by Crippen LogP contribution is -2.43. The van der Waals surface area contributed by atoms with E-state index in [2.05, 4.69) is 11.4 Å². The van der Waals surface area contributed by atoms with E-state index in [0.717, 1.165) is 5.56 Å². The molecule has 2 rings (SSSR count).